The molecule has 4 nitrogen and oxygen atoms in total. The average molecular weight is 402 g/mol. The molecular weight excluding hydrogens is 384 g/mol. The van der Waals surface area contributed by atoms with Gasteiger partial charge in [0.1, 0.15) is 5.82 Å². The van der Waals surface area contributed by atoms with Gasteiger partial charge in [0.15, 0.2) is 0 Å². The Morgan fingerprint density at radius 3 is 2.22 bits per heavy atom. The number of halogens is 4. The van der Waals surface area contributed by atoms with Crippen molar-refractivity contribution < 1.29 is 26.0 Å². The molecule has 3 rings (SSSR count). The van der Waals surface area contributed by atoms with E-state index in [4.69, 9.17) is 0 Å². The maximum Gasteiger partial charge on any atom is 0.416 e. The molecule has 0 atom stereocenters. The monoisotopic (exact) mass is 402 g/mol. The summed E-state index contributed by atoms with van der Waals surface area (Å²) in [5.74, 6) is -1.02. The predicted molar refractivity (Wildman–Crippen MR) is 94.3 cm³/mol. The molecule has 0 unspecified atom stereocenters. The van der Waals surface area contributed by atoms with Crippen LogP contribution in [0, 0.1) is 5.82 Å². The minimum atomic E-state index is -4.43. The normalized spacial score (nSPS) is 16.5. The lowest BCUT2D eigenvalue weighted by Crippen LogP contribution is -2.49. The van der Waals surface area contributed by atoms with Crippen molar-refractivity contribution in [1.29, 1.82) is 0 Å². The summed E-state index contributed by atoms with van der Waals surface area (Å²) in [5, 5.41) is 0. The standard InChI is InChI=1S/C18H18F4N2O2S/c19-17-7-2-1-4-14(17)13-27(25,26)24-10-8-23(9-11-24)16-6-3-5-15(12-16)18(20,21)22/h1-7,12H,8-11,13H2. The highest BCUT2D eigenvalue weighted by atomic mass is 32.2. The Hall–Kier alpha value is -2.13. The Morgan fingerprint density at radius 2 is 1.59 bits per heavy atom. The molecule has 0 radical (unpaired) electrons. The molecule has 1 fully saturated rings. The molecule has 1 aliphatic rings. The van der Waals surface area contributed by atoms with Crippen molar-refractivity contribution >= 4 is 15.7 Å². The molecule has 27 heavy (non-hydrogen) atoms. The smallest absolute Gasteiger partial charge is 0.369 e. The summed E-state index contributed by atoms with van der Waals surface area (Å²) in [7, 11) is -3.71. The first-order valence-electron chi connectivity index (χ1n) is 8.30. The molecule has 0 bridgehead atoms. The van der Waals surface area contributed by atoms with Gasteiger partial charge in [-0.2, -0.15) is 17.5 Å². The Balaban J connectivity index is 1.67. The van der Waals surface area contributed by atoms with Crippen LogP contribution in [0.15, 0.2) is 48.5 Å². The van der Waals surface area contributed by atoms with Gasteiger partial charge in [0, 0.05) is 37.4 Å². The number of piperazine rings is 1. The van der Waals surface area contributed by atoms with Crippen molar-refractivity contribution in [2.24, 2.45) is 0 Å². The molecule has 1 saturated heterocycles. The van der Waals surface area contributed by atoms with Crippen LogP contribution in [0.4, 0.5) is 23.2 Å². The Morgan fingerprint density at radius 1 is 0.926 bits per heavy atom. The van der Waals surface area contributed by atoms with Crippen LogP contribution in [0.3, 0.4) is 0 Å². The average Bonchev–Trinajstić information content (AvgIpc) is 2.63. The summed E-state index contributed by atoms with van der Waals surface area (Å²) in [4.78, 5) is 1.71. The second kappa shape index (κ2) is 7.47. The van der Waals surface area contributed by atoms with Gasteiger partial charge in [0.05, 0.1) is 11.3 Å². The molecule has 2 aromatic carbocycles. The van der Waals surface area contributed by atoms with E-state index < -0.39 is 33.3 Å². The summed E-state index contributed by atoms with van der Waals surface area (Å²) in [5.41, 5.74) is -0.247. The predicted octanol–water partition coefficient (Wildman–Crippen LogP) is 3.50. The zero-order chi connectivity index (χ0) is 19.7. The molecule has 1 aliphatic heterocycles. The van der Waals surface area contributed by atoms with Crippen molar-refractivity contribution in [3.8, 4) is 0 Å². The summed E-state index contributed by atoms with van der Waals surface area (Å²) in [6.45, 7) is 0.787. The van der Waals surface area contributed by atoms with E-state index >= 15 is 0 Å². The molecule has 0 N–H and O–H groups in total. The molecule has 0 aliphatic carbocycles. The fourth-order valence-electron chi connectivity index (χ4n) is 3.01. The number of sulfonamides is 1. The van der Waals surface area contributed by atoms with Gasteiger partial charge in [-0.3, -0.25) is 0 Å². The van der Waals surface area contributed by atoms with E-state index in [9.17, 15) is 26.0 Å². The molecule has 0 amide bonds. The highest BCUT2D eigenvalue weighted by Gasteiger charge is 2.32. The van der Waals surface area contributed by atoms with Crippen LogP contribution in [0.1, 0.15) is 11.1 Å². The van der Waals surface area contributed by atoms with E-state index in [1.807, 2.05) is 0 Å². The molecule has 9 heteroatoms. The third kappa shape index (κ3) is 4.59. The third-order valence-electron chi connectivity index (χ3n) is 4.47. The maximum atomic E-state index is 13.7. The van der Waals surface area contributed by atoms with Crippen LogP contribution < -0.4 is 4.90 Å². The summed E-state index contributed by atoms with van der Waals surface area (Å²) >= 11 is 0. The van der Waals surface area contributed by atoms with Gasteiger partial charge in [0.2, 0.25) is 10.0 Å². The van der Waals surface area contributed by atoms with E-state index in [2.05, 4.69) is 0 Å². The second-order valence-electron chi connectivity index (χ2n) is 6.28. The van der Waals surface area contributed by atoms with Crippen molar-refractivity contribution in [3.05, 3.63) is 65.5 Å². The summed E-state index contributed by atoms with van der Waals surface area (Å²) in [6.07, 6.45) is -4.43. The van der Waals surface area contributed by atoms with E-state index in [-0.39, 0.29) is 31.7 Å². The van der Waals surface area contributed by atoms with Crippen LogP contribution in [-0.4, -0.2) is 38.9 Å². The SMILES string of the molecule is O=S(=O)(Cc1ccccc1F)N1CCN(c2cccc(C(F)(F)F)c2)CC1. The van der Waals surface area contributed by atoms with Gasteiger partial charge < -0.3 is 4.90 Å². The van der Waals surface area contributed by atoms with Crippen LogP contribution in [0.2, 0.25) is 0 Å². The van der Waals surface area contributed by atoms with Crippen LogP contribution in [-0.2, 0) is 22.0 Å². The first-order valence-corrected chi connectivity index (χ1v) is 9.91. The van der Waals surface area contributed by atoms with E-state index in [0.717, 1.165) is 12.1 Å². The lowest BCUT2D eigenvalue weighted by molar-refractivity contribution is -0.137. The first-order chi connectivity index (χ1) is 12.7. The van der Waals surface area contributed by atoms with E-state index in [1.165, 1.54) is 28.6 Å². The molecule has 2 aromatic rings. The number of alkyl halides is 3. The third-order valence-corrected chi connectivity index (χ3v) is 6.29. The first kappa shape index (κ1) is 19.6. The van der Waals surface area contributed by atoms with E-state index in [0.29, 0.717) is 5.69 Å². The maximum absolute atomic E-state index is 13.7. The Bertz CT molecular complexity index is 908. The van der Waals surface area contributed by atoms with Gasteiger partial charge in [0.25, 0.3) is 0 Å². The topological polar surface area (TPSA) is 40.6 Å². The van der Waals surface area contributed by atoms with Gasteiger partial charge in [-0.05, 0) is 24.3 Å². The van der Waals surface area contributed by atoms with Gasteiger partial charge in [-0.25, -0.2) is 12.8 Å². The molecule has 1 heterocycles. The molecule has 0 spiro atoms. The fraction of sp³-hybridized carbons (Fsp3) is 0.333. The number of anilines is 1. The minimum absolute atomic E-state index is 0.0952. The molecule has 0 aromatic heterocycles. The summed E-state index contributed by atoms with van der Waals surface area (Å²) in [6, 6.07) is 10.6. The molecule has 146 valence electrons. The zero-order valence-corrected chi connectivity index (χ0v) is 15.1. The second-order valence-corrected chi connectivity index (χ2v) is 8.25. The number of nitrogens with zero attached hydrogens (tertiary/aromatic N) is 2. The van der Waals surface area contributed by atoms with Crippen LogP contribution >= 0.6 is 0 Å². The van der Waals surface area contributed by atoms with Gasteiger partial charge in [-0.15, -0.1) is 0 Å². The molecule has 0 saturated carbocycles. The van der Waals surface area contributed by atoms with E-state index in [1.54, 1.807) is 17.0 Å². The van der Waals surface area contributed by atoms with Crippen molar-refractivity contribution in [2.45, 2.75) is 11.9 Å². The lowest BCUT2D eigenvalue weighted by atomic mass is 10.1. The van der Waals surface area contributed by atoms with Crippen molar-refractivity contribution in [1.82, 2.24) is 4.31 Å². The number of hydrogen-bond acceptors (Lipinski definition) is 3. The highest BCUT2D eigenvalue weighted by Crippen LogP contribution is 2.32. The Labute approximate surface area is 155 Å². The largest absolute Gasteiger partial charge is 0.416 e. The Kier molecular flexibility index (Phi) is 5.43. The highest BCUT2D eigenvalue weighted by molar-refractivity contribution is 7.88. The van der Waals surface area contributed by atoms with Crippen LogP contribution in [0.25, 0.3) is 0 Å². The van der Waals surface area contributed by atoms with Crippen LogP contribution in [0.5, 0.6) is 0 Å². The quantitative estimate of drug-likeness (QED) is 0.735. The fourth-order valence-corrected chi connectivity index (χ4v) is 4.54. The zero-order valence-electron chi connectivity index (χ0n) is 14.3. The minimum Gasteiger partial charge on any atom is -0.369 e. The van der Waals surface area contributed by atoms with Crippen molar-refractivity contribution in [2.75, 3.05) is 31.1 Å². The van der Waals surface area contributed by atoms with Crippen molar-refractivity contribution in [3.63, 3.8) is 0 Å². The number of hydrogen-bond donors (Lipinski definition) is 0. The molecular formula is C18H18F4N2O2S. The van der Waals surface area contributed by atoms with Gasteiger partial charge >= 0.3 is 6.18 Å². The number of benzene rings is 2. The van der Waals surface area contributed by atoms with Gasteiger partial charge in [-0.1, -0.05) is 24.3 Å². The number of rotatable bonds is 4. The lowest BCUT2D eigenvalue weighted by Gasteiger charge is -2.35. The summed E-state index contributed by atoms with van der Waals surface area (Å²) < 4.78 is 78.6.